The topological polar surface area (TPSA) is 39.4 Å². The summed E-state index contributed by atoms with van der Waals surface area (Å²) >= 11 is 5.75. The lowest BCUT2D eigenvalue weighted by Crippen LogP contribution is -2.00. The van der Waals surface area contributed by atoms with Crippen molar-refractivity contribution in [3.05, 3.63) is 28.7 Å². The summed E-state index contributed by atoms with van der Waals surface area (Å²) in [5.74, 6) is 1.27. The molecule has 0 aromatic carbocycles. The standard InChI is InChI=1S/C12H15ClO3/c1-4-9(7-13)5-10-6-11(8(2)16-10)12(14)15-3/h5-6H,4,7H2,1-3H3. The number of alkyl halides is 1. The van der Waals surface area contributed by atoms with Crippen molar-refractivity contribution in [2.45, 2.75) is 20.3 Å². The lowest BCUT2D eigenvalue weighted by atomic mass is 10.2. The zero-order valence-corrected chi connectivity index (χ0v) is 10.4. The van der Waals surface area contributed by atoms with E-state index in [4.69, 9.17) is 16.0 Å². The minimum absolute atomic E-state index is 0.384. The van der Waals surface area contributed by atoms with Crippen LogP contribution in [0.15, 0.2) is 16.1 Å². The first-order valence-electron chi connectivity index (χ1n) is 5.06. The molecular formula is C12H15ClO3. The molecule has 0 fully saturated rings. The normalized spacial score (nSPS) is 11.6. The molecule has 0 radical (unpaired) electrons. The van der Waals surface area contributed by atoms with Gasteiger partial charge >= 0.3 is 5.97 Å². The number of furan rings is 1. The largest absolute Gasteiger partial charge is 0.465 e. The van der Waals surface area contributed by atoms with Gasteiger partial charge in [0, 0.05) is 5.88 Å². The van der Waals surface area contributed by atoms with Crippen LogP contribution in [0.2, 0.25) is 0 Å². The van der Waals surface area contributed by atoms with Gasteiger partial charge in [-0.2, -0.15) is 0 Å². The summed E-state index contributed by atoms with van der Waals surface area (Å²) in [5, 5.41) is 0. The van der Waals surface area contributed by atoms with Gasteiger partial charge in [0.1, 0.15) is 17.1 Å². The Morgan fingerprint density at radius 1 is 1.62 bits per heavy atom. The van der Waals surface area contributed by atoms with Crippen molar-refractivity contribution >= 4 is 23.6 Å². The van der Waals surface area contributed by atoms with E-state index in [1.54, 1.807) is 13.0 Å². The molecule has 0 unspecified atom stereocenters. The second kappa shape index (κ2) is 5.75. The van der Waals surface area contributed by atoms with Gasteiger partial charge in [-0.25, -0.2) is 4.79 Å². The molecule has 1 rings (SSSR count). The predicted octanol–water partition coefficient (Wildman–Crippen LogP) is 3.41. The highest BCUT2D eigenvalue weighted by Crippen LogP contribution is 2.19. The highest BCUT2D eigenvalue weighted by atomic mass is 35.5. The Labute approximate surface area is 100 Å². The fourth-order valence-electron chi connectivity index (χ4n) is 1.33. The highest BCUT2D eigenvalue weighted by Gasteiger charge is 2.14. The molecule has 1 heterocycles. The molecule has 0 aliphatic carbocycles. The number of ether oxygens (including phenoxy) is 1. The Bertz CT molecular complexity index is 398. The van der Waals surface area contributed by atoms with Crippen LogP contribution in [0, 0.1) is 6.92 Å². The second-order valence-electron chi connectivity index (χ2n) is 3.40. The summed E-state index contributed by atoms with van der Waals surface area (Å²) < 4.78 is 10.1. The fourth-order valence-corrected chi connectivity index (χ4v) is 1.59. The van der Waals surface area contributed by atoms with Gasteiger partial charge in [0.15, 0.2) is 0 Å². The first kappa shape index (κ1) is 12.8. The predicted molar refractivity (Wildman–Crippen MR) is 63.8 cm³/mol. The van der Waals surface area contributed by atoms with Gasteiger partial charge in [0.25, 0.3) is 0 Å². The molecular weight excluding hydrogens is 228 g/mol. The first-order valence-corrected chi connectivity index (χ1v) is 5.60. The average Bonchev–Trinajstić information content (AvgIpc) is 2.66. The van der Waals surface area contributed by atoms with Crippen LogP contribution < -0.4 is 0 Å². The number of esters is 1. The third kappa shape index (κ3) is 2.89. The van der Waals surface area contributed by atoms with Crippen LogP contribution in [0.25, 0.3) is 6.08 Å². The maximum atomic E-state index is 11.3. The molecule has 0 aliphatic rings. The van der Waals surface area contributed by atoms with Gasteiger partial charge in [-0.15, -0.1) is 11.6 Å². The first-order chi connectivity index (χ1) is 7.62. The lowest BCUT2D eigenvalue weighted by molar-refractivity contribution is 0.0599. The maximum absolute atomic E-state index is 11.3. The van der Waals surface area contributed by atoms with Gasteiger partial charge in [0.05, 0.1) is 7.11 Å². The zero-order chi connectivity index (χ0) is 12.1. The molecule has 0 saturated carbocycles. The van der Waals surface area contributed by atoms with Gasteiger partial charge in [-0.1, -0.05) is 12.5 Å². The molecule has 16 heavy (non-hydrogen) atoms. The Hall–Kier alpha value is -1.22. The van der Waals surface area contributed by atoms with Crippen molar-refractivity contribution in [1.29, 1.82) is 0 Å². The molecule has 1 aromatic heterocycles. The number of allylic oxidation sites excluding steroid dienone is 1. The Balaban J connectivity index is 3.01. The highest BCUT2D eigenvalue weighted by molar-refractivity contribution is 6.19. The van der Waals surface area contributed by atoms with Crippen molar-refractivity contribution in [2.24, 2.45) is 0 Å². The zero-order valence-electron chi connectivity index (χ0n) is 9.67. The summed E-state index contributed by atoms with van der Waals surface area (Å²) in [6.45, 7) is 3.75. The van der Waals surface area contributed by atoms with Gasteiger partial charge < -0.3 is 9.15 Å². The molecule has 88 valence electrons. The van der Waals surface area contributed by atoms with Crippen molar-refractivity contribution in [1.82, 2.24) is 0 Å². The van der Waals surface area contributed by atoms with E-state index in [0.717, 1.165) is 12.0 Å². The molecule has 4 heteroatoms. The minimum atomic E-state index is -0.384. The molecule has 0 amide bonds. The summed E-state index contributed by atoms with van der Waals surface area (Å²) in [6, 6.07) is 1.67. The summed E-state index contributed by atoms with van der Waals surface area (Å²) in [5.41, 5.74) is 1.52. The van der Waals surface area contributed by atoms with Crippen LogP contribution in [0.5, 0.6) is 0 Å². The van der Waals surface area contributed by atoms with Crippen molar-refractivity contribution in [2.75, 3.05) is 13.0 Å². The maximum Gasteiger partial charge on any atom is 0.341 e. The Morgan fingerprint density at radius 3 is 2.81 bits per heavy atom. The number of rotatable bonds is 4. The number of methoxy groups -OCH3 is 1. The Morgan fingerprint density at radius 2 is 2.31 bits per heavy atom. The summed E-state index contributed by atoms with van der Waals surface area (Å²) in [7, 11) is 1.35. The van der Waals surface area contributed by atoms with Crippen molar-refractivity contribution in [3.63, 3.8) is 0 Å². The van der Waals surface area contributed by atoms with Crippen LogP contribution in [0.4, 0.5) is 0 Å². The molecule has 0 atom stereocenters. The number of carbonyl (C=O) groups excluding carboxylic acids is 1. The summed E-state index contributed by atoms with van der Waals surface area (Å²) in [6.07, 6.45) is 2.71. The molecule has 0 saturated heterocycles. The van der Waals surface area contributed by atoms with Crippen LogP contribution >= 0.6 is 11.6 Å². The number of aryl methyl sites for hydroxylation is 1. The number of halogens is 1. The SMILES string of the molecule is CCC(=Cc1cc(C(=O)OC)c(C)o1)CCl. The van der Waals surface area contributed by atoms with E-state index in [0.29, 0.717) is 23.0 Å². The monoisotopic (exact) mass is 242 g/mol. The molecule has 1 aromatic rings. The van der Waals surface area contributed by atoms with Crippen LogP contribution in [0.1, 0.15) is 35.2 Å². The molecule has 0 spiro atoms. The smallest absolute Gasteiger partial charge is 0.341 e. The van der Waals surface area contributed by atoms with Crippen LogP contribution in [0.3, 0.4) is 0 Å². The number of hydrogen-bond acceptors (Lipinski definition) is 3. The van der Waals surface area contributed by atoms with E-state index in [1.165, 1.54) is 7.11 Å². The van der Waals surface area contributed by atoms with E-state index in [-0.39, 0.29) is 5.97 Å². The van der Waals surface area contributed by atoms with Gasteiger partial charge in [0.2, 0.25) is 0 Å². The van der Waals surface area contributed by atoms with E-state index in [1.807, 2.05) is 13.0 Å². The van der Waals surface area contributed by atoms with E-state index in [9.17, 15) is 4.79 Å². The van der Waals surface area contributed by atoms with E-state index >= 15 is 0 Å². The third-order valence-electron chi connectivity index (χ3n) is 2.31. The minimum Gasteiger partial charge on any atom is -0.465 e. The molecule has 3 nitrogen and oxygen atoms in total. The second-order valence-corrected chi connectivity index (χ2v) is 3.67. The molecule has 0 aliphatic heterocycles. The lowest BCUT2D eigenvalue weighted by Gasteiger charge is -1.95. The van der Waals surface area contributed by atoms with Crippen LogP contribution in [-0.2, 0) is 4.74 Å². The number of hydrogen-bond donors (Lipinski definition) is 0. The van der Waals surface area contributed by atoms with E-state index in [2.05, 4.69) is 4.74 Å². The quantitative estimate of drug-likeness (QED) is 0.600. The fraction of sp³-hybridized carbons (Fsp3) is 0.417. The van der Waals surface area contributed by atoms with E-state index < -0.39 is 0 Å². The molecule has 0 N–H and O–H groups in total. The van der Waals surface area contributed by atoms with Crippen molar-refractivity contribution in [3.8, 4) is 0 Å². The third-order valence-corrected chi connectivity index (χ3v) is 2.66. The van der Waals surface area contributed by atoms with Gasteiger partial charge in [-0.3, -0.25) is 0 Å². The number of carbonyl (C=O) groups is 1. The average molecular weight is 243 g/mol. The molecule has 0 bridgehead atoms. The van der Waals surface area contributed by atoms with Crippen LogP contribution in [-0.4, -0.2) is 19.0 Å². The van der Waals surface area contributed by atoms with Gasteiger partial charge in [-0.05, 0) is 25.5 Å². The summed E-state index contributed by atoms with van der Waals surface area (Å²) in [4.78, 5) is 11.3. The Kier molecular flexibility index (Phi) is 4.62. The van der Waals surface area contributed by atoms with Crippen molar-refractivity contribution < 1.29 is 13.9 Å².